The Morgan fingerprint density at radius 2 is 1.71 bits per heavy atom. The maximum atomic E-state index is 14.4. The molecular formula is C49H46Cl2FN7O7S2. The molecule has 4 bridgehead atoms. The molecule has 3 aliphatic rings. The predicted molar refractivity (Wildman–Crippen MR) is 261 cm³/mol. The first kappa shape index (κ1) is 47.1. The number of aliphatic carboxylic acids is 1. The molecule has 19 heteroatoms. The van der Waals surface area contributed by atoms with E-state index in [-0.39, 0.29) is 41.4 Å². The van der Waals surface area contributed by atoms with Crippen molar-refractivity contribution >= 4 is 60.5 Å². The summed E-state index contributed by atoms with van der Waals surface area (Å²) in [6.07, 6.45) is 1.95. The van der Waals surface area contributed by atoms with Crippen LogP contribution < -0.4 is 18.9 Å². The fraction of sp³-hybridized carbons (Fsp3) is 0.286. The Morgan fingerprint density at radius 1 is 0.971 bits per heavy atom. The van der Waals surface area contributed by atoms with Crippen LogP contribution in [0.4, 0.5) is 4.39 Å². The summed E-state index contributed by atoms with van der Waals surface area (Å²) in [6.45, 7) is 7.64. The molecule has 352 valence electrons. The predicted octanol–water partition coefficient (Wildman–Crippen LogP) is 9.62. The number of piperazine rings is 1. The van der Waals surface area contributed by atoms with Crippen molar-refractivity contribution in [2.24, 2.45) is 0 Å². The van der Waals surface area contributed by atoms with Crippen LogP contribution in [0.5, 0.6) is 23.1 Å². The van der Waals surface area contributed by atoms with Gasteiger partial charge in [0.1, 0.15) is 47.8 Å². The maximum Gasteiger partial charge on any atom is 0.345 e. The van der Waals surface area contributed by atoms with Gasteiger partial charge >= 0.3 is 5.97 Å². The second-order valence-corrected chi connectivity index (χ2v) is 20.7. The Balaban J connectivity index is 1.16. The Labute approximate surface area is 406 Å². The maximum absolute atomic E-state index is 14.4. The van der Waals surface area contributed by atoms with Crippen molar-refractivity contribution < 1.29 is 37.4 Å². The van der Waals surface area contributed by atoms with E-state index in [1.807, 2.05) is 13.8 Å². The summed E-state index contributed by atoms with van der Waals surface area (Å²) < 4.78 is 61.7. The molecule has 4 aromatic carbocycles. The first-order chi connectivity index (χ1) is 32.6. The number of carboxylic acids is 1. The van der Waals surface area contributed by atoms with Gasteiger partial charge in [0.25, 0.3) is 0 Å². The van der Waals surface area contributed by atoms with Crippen LogP contribution in [0, 0.1) is 24.4 Å². The van der Waals surface area contributed by atoms with Crippen LogP contribution >= 0.6 is 34.5 Å². The molecular weight excluding hydrogens is 953 g/mol. The zero-order valence-electron chi connectivity index (χ0n) is 37.4. The van der Waals surface area contributed by atoms with E-state index in [0.717, 1.165) is 26.2 Å². The fourth-order valence-corrected chi connectivity index (χ4v) is 11.0. The summed E-state index contributed by atoms with van der Waals surface area (Å²) in [7, 11) is -1.01. The number of hydrogen-bond donors (Lipinski definition) is 2. The second-order valence-electron chi connectivity index (χ2n) is 16.8. The van der Waals surface area contributed by atoms with Gasteiger partial charge in [-0.1, -0.05) is 47.5 Å². The summed E-state index contributed by atoms with van der Waals surface area (Å²) in [6, 6.07) is 19.7. The van der Waals surface area contributed by atoms with Crippen LogP contribution in [-0.2, 0) is 27.6 Å². The summed E-state index contributed by atoms with van der Waals surface area (Å²) in [5.41, 5.74) is 4.56. The van der Waals surface area contributed by atoms with Crippen molar-refractivity contribution in [2.75, 3.05) is 52.6 Å². The van der Waals surface area contributed by atoms with Gasteiger partial charge in [0.2, 0.25) is 12.0 Å². The minimum absolute atomic E-state index is 0.00250. The summed E-state index contributed by atoms with van der Waals surface area (Å²) in [5.74, 6) is -0.358. The summed E-state index contributed by atoms with van der Waals surface area (Å²) >= 11 is 16.0. The molecule has 0 aliphatic carbocycles. The van der Waals surface area contributed by atoms with Crippen LogP contribution in [0.25, 0.3) is 43.2 Å². The number of rotatable bonds is 9. The molecule has 1 fully saturated rings. The van der Waals surface area contributed by atoms with Crippen molar-refractivity contribution in [1.82, 2.24) is 29.7 Å². The smallest absolute Gasteiger partial charge is 0.345 e. The number of carbonyl (C=O) groups is 1. The SMILES string of the molecule is Cc1c(Cl)c2c(Cl)c(C)c1-c1c(-c3ccc(F)cc3)sc3ncnc(c13)O[C@@H](C(=O)O)Cc1cc(ccc1OCc1ccnc(-c3ccccc3S(C)(=N)=O)n1)OC[C@@H](CN1CCN(C)CC1)O2. The molecule has 1 unspecified atom stereocenters. The Kier molecular flexibility index (Phi) is 13.6. The lowest BCUT2D eigenvalue weighted by molar-refractivity contribution is -0.145. The molecule has 7 aromatic rings. The van der Waals surface area contributed by atoms with Gasteiger partial charge in [-0.05, 0) is 91.7 Å². The molecule has 3 atom stereocenters. The quantitative estimate of drug-likeness (QED) is 0.140. The summed E-state index contributed by atoms with van der Waals surface area (Å²) in [5, 5.41) is 11.9. The fourth-order valence-electron chi connectivity index (χ4n) is 8.46. The van der Waals surface area contributed by atoms with Gasteiger partial charge in [0.15, 0.2) is 11.6 Å². The summed E-state index contributed by atoms with van der Waals surface area (Å²) in [4.78, 5) is 37.7. The number of halogens is 3. The van der Waals surface area contributed by atoms with E-state index in [2.05, 4.69) is 36.8 Å². The molecule has 2 N–H and O–H groups in total. The molecule has 1 saturated heterocycles. The topological polar surface area (TPSA) is 173 Å². The van der Waals surface area contributed by atoms with Crippen molar-refractivity contribution in [2.45, 2.75) is 44.0 Å². The molecule has 3 aliphatic heterocycles. The Morgan fingerprint density at radius 3 is 2.43 bits per heavy atom. The lowest BCUT2D eigenvalue weighted by atomic mass is 9.92. The van der Waals surface area contributed by atoms with E-state index in [0.29, 0.717) is 88.4 Å². The van der Waals surface area contributed by atoms with Gasteiger partial charge in [0.05, 0.1) is 35.7 Å². The van der Waals surface area contributed by atoms with Crippen molar-refractivity contribution in [3.8, 4) is 56.1 Å². The van der Waals surface area contributed by atoms with E-state index < -0.39 is 33.7 Å². The average Bonchev–Trinajstić information content (AvgIpc) is 3.71. The van der Waals surface area contributed by atoms with Crippen LogP contribution in [-0.4, -0.2) is 110 Å². The minimum Gasteiger partial charge on any atom is -0.490 e. The van der Waals surface area contributed by atoms with Crippen LogP contribution in [0.15, 0.2) is 90.2 Å². The normalized spacial score (nSPS) is 17.7. The largest absolute Gasteiger partial charge is 0.490 e. The number of likely N-dealkylation sites (N-methyl/N-ethyl adjacent to an activating group) is 1. The van der Waals surface area contributed by atoms with E-state index in [4.69, 9.17) is 46.9 Å². The third-order valence-electron chi connectivity index (χ3n) is 12.0. The van der Waals surface area contributed by atoms with Gasteiger partial charge in [-0.3, -0.25) is 4.90 Å². The van der Waals surface area contributed by atoms with Crippen molar-refractivity contribution in [3.05, 3.63) is 124 Å². The number of hydrogen-bond acceptors (Lipinski definition) is 14. The Bertz CT molecular complexity index is 3140. The standard InChI is InChI=1S/C49H46Cl2FN7O7S2/c1-27-39-28(2)43(51)44(42(27)50)65-34(23-59-19-17-58(3)18-20-59)25-63-33-13-14-36(64-24-32-15-16-54-46(57-32)35-7-5-6-8-38(35)68(4,53)62)30(21-33)22-37(49(60)61)66-47-41-40(39)45(67-48(41)56-26-55-47)29-9-11-31(52)12-10-29/h5-16,21,26,34,37,53H,17-20,22-25H2,1-4H3,(H,60,61)/t34-,37-,68?/m1/s1. The highest BCUT2D eigenvalue weighted by Gasteiger charge is 2.32. The third kappa shape index (κ3) is 9.82. The molecule has 0 spiro atoms. The number of aromatic nitrogens is 4. The van der Waals surface area contributed by atoms with Gasteiger partial charge in [-0.2, -0.15) is 0 Å². The Hall–Kier alpha value is -5.95. The zero-order chi connectivity index (χ0) is 47.9. The molecule has 14 nitrogen and oxygen atoms in total. The van der Waals surface area contributed by atoms with E-state index in [9.17, 15) is 18.5 Å². The number of ether oxygens (including phenoxy) is 4. The number of nitrogens with one attached hydrogen (secondary N) is 1. The highest BCUT2D eigenvalue weighted by molar-refractivity contribution is 7.91. The van der Waals surface area contributed by atoms with Crippen molar-refractivity contribution in [3.63, 3.8) is 0 Å². The van der Waals surface area contributed by atoms with E-state index in [1.165, 1.54) is 36.1 Å². The van der Waals surface area contributed by atoms with Gasteiger partial charge in [-0.15, -0.1) is 11.3 Å². The first-order valence-corrected chi connectivity index (χ1v) is 25.2. The minimum atomic E-state index is -3.10. The van der Waals surface area contributed by atoms with Crippen LogP contribution in [0.2, 0.25) is 10.0 Å². The molecule has 6 heterocycles. The molecule has 0 saturated carbocycles. The highest BCUT2D eigenvalue weighted by atomic mass is 35.5. The highest BCUT2D eigenvalue weighted by Crippen LogP contribution is 2.53. The monoisotopic (exact) mass is 997 g/mol. The average molecular weight is 999 g/mol. The third-order valence-corrected chi connectivity index (χ3v) is 15.3. The van der Waals surface area contributed by atoms with Crippen LogP contribution in [0.3, 0.4) is 0 Å². The van der Waals surface area contributed by atoms with Gasteiger partial charge in [-0.25, -0.2) is 38.1 Å². The van der Waals surface area contributed by atoms with Crippen LogP contribution in [0.1, 0.15) is 22.4 Å². The van der Waals surface area contributed by atoms with E-state index in [1.54, 1.807) is 66.9 Å². The molecule has 0 radical (unpaired) electrons. The van der Waals surface area contributed by atoms with E-state index >= 15 is 0 Å². The molecule has 0 amide bonds. The van der Waals surface area contributed by atoms with Gasteiger partial charge in [0, 0.05) is 73.2 Å². The zero-order valence-corrected chi connectivity index (χ0v) is 40.6. The second kappa shape index (κ2) is 19.6. The number of benzene rings is 4. The van der Waals surface area contributed by atoms with Gasteiger partial charge < -0.3 is 29.0 Å². The number of carboxylic acid groups (broad SMARTS) is 1. The molecule has 3 aromatic heterocycles. The number of thiophene rings is 1. The lowest BCUT2D eigenvalue weighted by Crippen LogP contribution is -2.49. The lowest BCUT2D eigenvalue weighted by Gasteiger charge is -2.35. The molecule has 10 rings (SSSR count). The number of nitrogens with zero attached hydrogens (tertiary/aromatic N) is 6. The first-order valence-electron chi connectivity index (χ1n) is 21.7. The number of fused-ring (bicyclic) bond motifs is 7. The van der Waals surface area contributed by atoms with Crippen molar-refractivity contribution in [1.29, 1.82) is 4.78 Å². The molecule has 68 heavy (non-hydrogen) atoms.